The first-order valence-corrected chi connectivity index (χ1v) is 8.03. The number of hydrogen-bond donors (Lipinski definition) is 0. The number of benzene rings is 1. The molecular formula is C15H19ClN2OS. The number of nitrogens with zero attached hydrogens (tertiary/aromatic N) is 2. The summed E-state index contributed by atoms with van der Waals surface area (Å²) in [5.41, 5.74) is 3.83. The van der Waals surface area contributed by atoms with E-state index in [1.165, 1.54) is 0 Å². The van der Waals surface area contributed by atoms with E-state index in [9.17, 15) is 4.21 Å². The topological polar surface area (TPSA) is 23.6 Å². The number of halogens is 1. The summed E-state index contributed by atoms with van der Waals surface area (Å²) in [7, 11) is 2.79. The molecule has 0 spiro atoms. The lowest BCUT2D eigenvalue weighted by Crippen LogP contribution is -2.30. The molecular weight excluding hydrogens is 292 g/mol. The van der Waals surface area contributed by atoms with Gasteiger partial charge in [0.05, 0.1) is 22.2 Å². The third-order valence-electron chi connectivity index (χ3n) is 3.60. The number of allylic oxidation sites excluding steroid dienone is 1. The quantitative estimate of drug-likeness (QED) is 0.856. The maximum absolute atomic E-state index is 12.6. The molecule has 1 aliphatic heterocycles. The van der Waals surface area contributed by atoms with Crippen LogP contribution in [0.25, 0.3) is 0 Å². The Balaban J connectivity index is 2.24. The molecule has 0 N–H and O–H groups in total. The zero-order valence-electron chi connectivity index (χ0n) is 12.2. The van der Waals surface area contributed by atoms with Crippen molar-refractivity contribution in [2.24, 2.45) is 0 Å². The van der Waals surface area contributed by atoms with Gasteiger partial charge in [-0.25, -0.2) is 0 Å². The van der Waals surface area contributed by atoms with Gasteiger partial charge in [0.2, 0.25) is 0 Å². The van der Waals surface area contributed by atoms with E-state index in [4.69, 9.17) is 11.6 Å². The van der Waals surface area contributed by atoms with Crippen molar-refractivity contribution in [3.05, 3.63) is 52.3 Å². The smallest absolute Gasteiger partial charge is 0.0702 e. The first kappa shape index (κ1) is 15.1. The number of rotatable bonds is 3. The zero-order valence-corrected chi connectivity index (χ0v) is 13.8. The standard InChI is InChI=1S/C15H19ClN2OS/c1-10-7-15(11(2)6-14(10)16)20(19)9-13-8-12(3)17(4)18(13)5/h6-8H,3,9H2,1-2,4-5H3. The second-order valence-electron chi connectivity index (χ2n) is 5.03. The highest BCUT2D eigenvalue weighted by Gasteiger charge is 2.22. The van der Waals surface area contributed by atoms with Gasteiger partial charge in [-0.15, -0.1) is 0 Å². The number of aryl methyl sites for hydroxylation is 2. The molecule has 0 aliphatic carbocycles. The number of hydrazine groups is 1. The van der Waals surface area contributed by atoms with Crippen LogP contribution in [0.15, 0.2) is 41.1 Å². The zero-order chi connectivity index (χ0) is 15.0. The molecule has 0 fully saturated rings. The molecule has 0 saturated carbocycles. The van der Waals surface area contributed by atoms with Gasteiger partial charge in [0.25, 0.3) is 0 Å². The fourth-order valence-electron chi connectivity index (χ4n) is 2.11. The Kier molecular flexibility index (Phi) is 4.25. The van der Waals surface area contributed by atoms with Crippen molar-refractivity contribution in [3.63, 3.8) is 0 Å². The maximum Gasteiger partial charge on any atom is 0.0702 e. The molecule has 0 bridgehead atoms. The summed E-state index contributed by atoms with van der Waals surface area (Å²) in [6.45, 7) is 7.82. The lowest BCUT2D eigenvalue weighted by atomic mass is 10.2. The fraction of sp³-hybridized carbons (Fsp3) is 0.333. The van der Waals surface area contributed by atoms with Crippen LogP contribution in [0, 0.1) is 13.8 Å². The molecule has 1 aromatic carbocycles. The van der Waals surface area contributed by atoms with Crippen LogP contribution in [0.1, 0.15) is 11.1 Å². The van der Waals surface area contributed by atoms with Gasteiger partial charge < -0.3 is 0 Å². The molecule has 0 radical (unpaired) electrons. The van der Waals surface area contributed by atoms with Crippen molar-refractivity contribution in [3.8, 4) is 0 Å². The van der Waals surface area contributed by atoms with E-state index in [1.54, 1.807) is 0 Å². The van der Waals surface area contributed by atoms with Crippen molar-refractivity contribution in [2.45, 2.75) is 18.7 Å². The van der Waals surface area contributed by atoms with Crippen LogP contribution in [-0.4, -0.2) is 34.1 Å². The monoisotopic (exact) mass is 310 g/mol. The van der Waals surface area contributed by atoms with E-state index in [0.717, 1.165) is 27.4 Å². The molecule has 0 aromatic heterocycles. The van der Waals surface area contributed by atoms with E-state index in [-0.39, 0.29) is 0 Å². The summed E-state index contributed by atoms with van der Waals surface area (Å²) in [5, 5.41) is 4.62. The second-order valence-corrected chi connectivity index (χ2v) is 6.86. The summed E-state index contributed by atoms with van der Waals surface area (Å²) in [5.74, 6) is 0.474. The van der Waals surface area contributed by atoms with Crippen molar-refractivity contribution < 1.29 is 4.21 Å². The Bertz CT molecular complexity index is 625. The van der Waals surface area contributed by atoms with Crippen LogP contribution in [-0.2, 0) is 10.8 Å². The normalized spacial score (nSPS) is 16.6. The molecule has 1 heterocycles. The van der Waals surface area contributed by atoms with Gasteiger partial charge in [-0.3, -0.25) is 14.2 Å². The molecule has 108 valence electrons. The molecule has 3 nitrogen and oxygen atoms in total. The average Bonchev–Trinajstić information content (AvgIpc) is 2.61. The van der Waals surface area contributed by atoms with Crippen molar-refractivity contribution in [1.82, 2.24) is 10.0 Å². The van der Waals surface area contributed by atoms with Crippen LogP contribution in [0.3, 0.4) is 0 Å². The largest absolute Gasteiger partial charge is 0.292 e. The minimum Gasteiger partial charge on any atom is -0.292 e. The Hall–Kier alpha value is -1.26. The lowest BCUT2D eigenvalue weighted by Gasteiger charge is -2.26. The molecule has 0 saturated heterocycles. The Labute approximate surface area is 127 Å². The lowest BCUT2D eigenvalue weighted by molar-refractivity contribution is 0.134. The van der Waals surface area contributed by atoms with Crippen molar-refractivity contribution in [1.29, 1.82) is 0 Å². The van der Waals surface area contributed by atoms with E-state index < -0.39 is 10.8 Å². The predicted octanol–water partition coefficient (Wildman–Crippen LogP) is 3.25. The van der Waals surface area contributed by atoms with E-state index >= 15 is 0 Å². The highest BCUT2D eigenvalue weighted by Crippen LogP contribution is 2.26. The van der Waals surface area contributed by atoms with Crippen molar-refractivity contribution in [2.75, 3.05) is 19.8 Å². The Morgan fingerprint density at radius 2 is 1.85 bits per heavy atom. The second kappa shape index (κ2) is 5.62. The fourth-order valence-corrected chi connectivity index (χ4v) is 3.75. The SMILES string of the molecule is C=C1C=C(CS(=O)c2cc(C)c(Cl)cc2C)N(C)N1C. The van der Waals surface area contributed by atoms with Gasteiger partial charge >= 0.3 is 0 Å². The molecule has 1 unspecified atom stereocenters. The highest BCUT2D eigenvalue weighted by atomic mass is 35.5. The predicted molar refractivity (Wildman–Crippen MR) is 85.0 cm³/mol. The van der Waals surface area contributed by atoms with Gasteiger partial charge in [0.1, 0.15) is 0 Å². The van der Waals surface area contributed by atoms with Crippen LogP contribution in [0.5, 0.6) is 0 Å². The Morgan fingerprint density at radius 1 is 1.20 bits per heavy atom. The van der Waals surface area contributed by atoms with Gasteiger partial charge in [-0.2, -0.15) is 0 Å². The first-order valence-electron chi connectivity index (χ1n) is 6.33. The number of hydrogen-bond acceptors (Lipinski definition) is 3. The summed E-state index contributed by atoms with van der Waals surface area (Å²) in [6.07, 6.45) is 1.97. The summed E-state index contributed by atoms with van der Waals surface area (Å²) in [6, 6.07) is 3.80. The average molecular weight is 311 g/mol. The third kappa shape index (κ3) is 2.76. The molecule has 1 aliphatic rings. The van der Waals surface area contributed by atoms with E-state index in [0.29, 0.717) is 10.8 Å². The number of likely N-dealkylation sites (N-methyl/N-ethyl adjacent to an activating group) is 1. The summed E-state index contributed by atoms with van der Waals surface area (Å²) in [4.78, 5) is 0.848. The molecule has 20 heavy (non-hydrogen) atoms. The van der Waals surface area contributed by atoms with Gasteiger partial charge in [-0.1, -0.05) is 18.2 Å². The molecule has 1 aromatic rings. The van der Waals surface area contributed by atoms with Crippen LogP contribution in [0.4, 0.5) is 0 Å². The van der Waals surface area contributed by atoms with E-state index in [1.807, 2.05) is 56.2 Å². The van der Waals surface area contributed by atoms with Gasteiger partial charge in [0.15, 0.2) is 0 Å². The van der Waals surface area contributed by atoms with E-state index in [2.05, 4.69) is 6.58 Å². The van der Waals surface area contributed by atoms with Crippen molar-refractivity contribution >= 4 is 22.4 Å². The first-order chi connectivity index (χ1) is 9.31. The minimum atomic E-state index is -1.09. The molecule has 5 heteroatoms. The maximum atomic E-state index is 12.6. The molecule has 0 amide bonds. The van der Waals surface area contributed by atoms with Crippen LogP contribution >= 0.6 is 11.6 Å². The van der Waals surface area contributed by atoms with Gasteiger partial charge in [-0.05, 0) is 43.2 Å². The summed E-state index contributed by atoms with van der Waals surface area (Å²) < 4.78 is 12.6. The van der Waals surface area contributed by atoms with Crippen LogP contribution < -0.4 is 0 Å². The van der Waals surface area contributed by atoms with Gasteiger partial charge in [0, 0.05) is 29.7 Å². The molecule has 2 rings (SSSR count). The highest BCUT2D eigenvalue weighted by molar-refractivity contribution is 7.85. The Morgan fingerprint density at radius 3 is 2.40 bits per heavy atom. The van der Waals surface area contributed by atoms with Crippen LogP contribution in [0.2, 0.25) is 5.02 Å². The summed E-state index contributed by atoms with van der Waals surface area (Å²) >= 11 is 6.09. The molecule has 1 atom stereocenters. The third-order valence-corrected chi connectivity index (χ3v) is 5.49. The minimum absolute atomic E-state index is 0.474.